The van der Waals surface area contributed by atoms with Crippen molar-refractivity contribution >= 4 is 17.9 Å². The molecule has 3 rings (SSSR count). The van der Waals surface area contributed by atoms with Crippen molar-refractivity contribution in [3.63, 3.8) is 0 Å². The summed E-state index contributed by atoms with van der Waals surface area (Å²) >= 11 is 0. The number of hydrogen-bond acceptors (Lipinski definition) is 5. The Morgan fingerprint density at radius 1 is 0.941 bits per heavy atom. The van der Waals surface area contributed by atoms with Crippen LogP contribution in [-0.4, -0.2) is 59.5 Å². The van der Waals surface area contributed by atoms with Gasteiger partial charge >= 0.3 is 6.09 Å². The molecule has 2 aromatic rings. The number of piperazine rings is 1. The number of primary amides is 1. The van der Waals surface area contributed by atoms with Crippen LogP contribution in [0, 0.1) is 11.6 Å². The number of halogens is 2. The van der Waals surface area contributed by atoms with Crippen LogP contribution in [0.25, 0.3) is 0 Å². The summed E-state index contributed by atoms with van der Waals surface area (Å²) in [6.45, 7) is 6.22. The smallest absolute Gasteiger partial charge is 0.410 e. The molecular formula is C24H27F2N3O5. The molecule has 1 aliphatic rings. The summed E-state index contributed by atoms with van der Waals surface area (Å²) < 4.78 is 38.8. The fourth-order valence-electron chi connectivity index (χ4n) is 3.40. The summed E-state index contributed by atoms with van der Waals surface area (Å²) in [5, 5.41) is 0. The van der Waals surface area contributed by atoms with Crippen molar-refractivity contribution < 1.29 is 32.6 Å². The highest BCUT2D eigenvalue weighted by molar-refractivity contribution is 5.96. The minimum Gasteiger partial charge on any atom is -0.488 e. The first-order valence-electron chi connectivity index (χ1n) is 10.7. The Bertz CT molecular complexity index is 1090. The molecule has 34 heavy (non-hydrogen) atoms. The Hall–Kier alpha value is -3.69. The van der Waals surface area contributed by atoms with Crippen molar-refractivity contribution in [2.24, 2.45) is 5.73 Å². The first-order chi connectivity index (χ1) is 15.9. The van der Waals surface area contributed by atoms with Crippen molar-refractivity contribution in [1.29, 1.82) is 0 Å². The molecule has 10 heteroatoms. The zero-order chi connectivity index (χ0) is 25.0. The molecule has 1 heterocycles. The third kappa shape index (κ3) is 6.21. The molecule has 2 N–H and O–H groups in total. The number of nitrogens with two attached hydrogens (primary N) is 1. The minimum atomic E-state index is -0.852. The molecule has 0 radical (unpaired) electrons. The van der Waals surface area contributed by atoms with Crippen LogP contribution >= 0.6 is 0 Å². The van der Waals surface area contributed by atoms with Crippen LogP contribution in [0.2, 0.25) is 0 Å². The second-order valence-corrected chi connectivity index (χ2v) is 8.87. The number of ether oxygens (including phenoxy) is 2. The molecule has 1 aliphatic heterocycles. The van der Waals surface area contributed by atoms with E-state index in [1.165, 1.54) is 28.0 Å². The average Bonchev–Trinajstić information content (AvgIpc) is 2.77. The highest BCUT2D eigenvalue weighted by Gasteiger charge is 2.29. The van der Waals surface area contributed by atoms with E-state index in [0.717, 1.165) is 18.2 Å². The number of carbonyl (C=O) groups excluding carboxylic acids is 3. The van der Waals surface area contributed by atoms with E-state index in [1.54, 1.807) is 20.8 Å². The lowest BCUT2D eigenvalue weighted by molar-refractivity contribution is 0.0140. The van der Waals surface area contributed by atoms with Gasteiger partial charge < -0.3 is 25.0 Å². The molecule has 0 aromatic heterocycles. The molecule has 8 nitrogen and oxygen atoms in total. The monoisotopic (exact) mass is 475 g/mol. The van der Waals surface area contributed by atoms with Crippen molar-refractivity contribution in [3.05, 3.63) is 64.7 Å². The van der Waals surface area contributed by atoms with Crippen molar-refractivity contribution in [3.8, 4) is 5.75 Å². The highest BCUT2D eigenvalue weighted by atomic mass is 19.1. The summed E-state index contributed by atoms with van der Waals surface area (Å²) in [7, 11) is 0. The van der Waals surface area contributed by atoms with Gasteiger partial charge in [0.25, 0.3) is 11.8 Å². The van der Waals surface area contributed by atoms with Gasteiger partial charge in [-0.05, 0) is 56.7 Å². The van der Waals surface area contributed by atoms with E-state index in [2.05, 4.69) is 0 Å². The number of hydrogen-bond donors (Lipinski definition) is 1. The molecule has 1 saturated heterocycles. The maximum Gasteiger partial charge on any atom is 0.410 e. The number of nitrogens with zero attached hydrogens (tertiary/aromatic N) is 2. The van der Waals surface area contributed by atoms with E-state index in [0.29, 0.717) is 5.56 Å². The maximum atomic E-state index is 14.5. The normalized spacial score (nSPS) is 14.0. The molecule has 0 spiro atoms. The minimum absolute atomic E-state index is 0.0735. The molecule has 0 unspecified atom stereocenters. The Labute approximate surface area is 196 Å². The van der Waals surface area contributed by atoms with Crippen LogP contribution in [0.15, 0.2) is 36.4 Å². The van der Waals surface area contributed by atoms with E-state index in [9.17, 15) is 23.2 Å². The van der Waals surface area contributed by atoms with Crippen molar-refractivity contribution in [2.75, 3.05) is 26.2 Å². The number of carbonyl (C=O) groups is 3. The van der Waals surface area contributed by atoms with Gasteiger partial charge in [-0.15, -0.1) is 0 Å². The predicted molar refractivity (Wildman–Crippen MR) is 119 cm³/mol. The third-order valence-corrected chi connectivity index (χ3v) is 5.08. The van der Waals surface area contributed by atoms with E-state index in [-0.39, 0.29) is 49.7 Å². The lowest BCUT2D eigenvalue weighted by Crippen LogP contribution is -2.51. The number of amides is 3. The van der Waals surface area contributed by atoms with Crippen LogP contribution in [0.3, 0.4) is 0 Å². The van der Waals surface area contributed by atoms with E-state index in [4.69, 9.17) is 15.2 Å². The van der Waals surface area contributed by atoms with Gasteiger partial charge in [0.2, 0.25) is 0 Å². The average molecular weight is 475 g/mol. The molecule has 0 saturated carbocycles. The standard InChI is InChI=1S/C24H27F2N3O5/c1-24(2,3)34-23(32)29-10-8-28(9-11-29)22(31)17-12-15(4-6-19(17)26)14-33-20-7-5-16(25)13-18(20)21(27)30/h4-7,12-13H,8-11,14H2,1-3H3,(H2,27,30). The topological polar surface area (TPSA) is 102 Å². The summed E-state index contributed by atoms with van der Waals surface area (Å²) in [6, 6.07) is 7.33. The molecule has 3 amide bonds. The predicted octanol–water partition coefficient (Wildman–Crippen LogP) is 3.34. The number of benzene rings is 2. The molecule has 182 valence electrons. The van der Waals surface area contributed by atoms with Crippen LogP contribution in [-0.2, 0) is 11.3 Å². The zero-order valence-electron chi connectivity index (χ0n) is 19.3. The highest BCUT2D eigenvalue weighted by Crippen LogP contribution is 2.22. The Balaban J connectivity index is 1.66. The quantitative estimate of drug-likeness (QED) is 0.715. The van der Waals surface area contributed by atoms with Crippen molar-refractivity contribution in [2.45, 2.75) is 33.0 Å². The van der Waals surface area contributed by atoms with E-state index >= 15 is 0 Å². The molecule has 0 aliphatic carbocycles. The molecule has 0 bridgehead atoms. The molecular weight excluding hydrogens is 448 g/mol. The van der Waals surface area contributed by atoms with Gasteiger partial charge in [0, 0.05) is 26.2 Å². The molecule has 2 aromatic carbocycles. The van der Waals surface area contributed by atoms with Crippen LogP contribution in [0.5, 0.6) is 5.75 Å². The van der Waals surface area contributed by atoms with Crippen LogP contribution in [0.4, 0.5) is 13.6 Å². The van der Waals surface area contributed by atoms with Gasteiger partial charge in [0.05, 0.1) is 11.1 Å². The van der Waals surface area contributed by atoms with Gasteiger partial charge in [0.1, 0.15) is 29.6 Å². The molecule has 1 fully saturated rings. The van der Waals surface area contributed by atoms with Gasteiger partial charge in [-0.3, -0.25) is 9.59 Å². The summed E-state index contributed by atoms with van der Waals surface area (Å²) in [5.74, 6) is -2.62. The first kappa shape index (κ1) is 24.9. The first-order valence-corrected chi connectivity index (χ1v) is 10.7. The summed E-state index contributed by atoms with van der Waals surface area (Å²) in [6.07, 6.45) is -0.457. The summed E-state index contributed by atoms with van der Waals surface area (Å²) in [4.78, 5) is 39.7. The van der Waals surface area contributed by atoms with Gasteiger partial charge in [-0.1, -0.05) is 6.07 Å². The fraction of sp³-hybridized carbons (Fsp3) is 0.375. The Kier molecular flexibility index (Phi) is 7.38. The van der Waals surface area contributed by atoms with Gasteiger partial charge in [0.15, 0.2) is 0 Å². The lowest BCUT2D eigenvalue weighted by atomic mass is 10.1. The van der Waals surface area contributed by atoms with Gasteiger partial charge in [-0.2, -0.15) is 0 Å². The third-order valence-electron chi connectivity index (χ3n) is 5.08. The van der Waals surface area contributed by atoms with E-state index in [1.807, 2.05) is 0 Å². The van der Waals surface area contributed by atoms with Crippen molar-refractivity contribution in [1.82, 2.24) is 9.80 Å². The maximum absolute atomic E-state index is 14.5. The van der Waals surface area contributed by atoms with Crippen LogP contribution in [0.1, 0.15) is 47.1 Å². The Morgan fingerprint density at radius 3 is 2.21 bits per heavy atom. The fourth-order valence-corrected chi connectivity index (χ4v) is 3.40. The Morgan fingerprint density at radius 2 is 1.59 bits per heavy atom. The largest absolute Gasteiger partial charge is 0.488 e. The second kappa shape index (κ2) is 10.1. The SMILES string of the molecule is CC(C)(C)OC(=O)N1CCN(C(=O)c2cc(COc3ccc(F)cc3C(N)=O)ccc2F)CC1. The van der Waals surface area contributed by atoms with Gasteiger partial charge in [-0.25, -0.2) is 13.6 Å². The zero-order valence-corrected chi connectivity index (χ0v) is 19.3. The summed E-state index contributed by atoms with van der Waals surface area (Å²) in [5.41, 5.74) is 4.84. The molecule has 0 atom stereocenters. The van der Waals surface area contributed by atoms with Crippen LogP contribution < -0.4 is 10.5 Å². The lowest BCUT2D eigenvalue weighted by Gasteiger charge is -2.35. The van der Waals surface area contributed by atoms with E-state index < -0.39 is 35.1 Å². The second-order valence-electron chi connectivity index (χ2n) is 8.87. The number of rotatable bonds is 5.